The molecular weight excluding hydrogens is 249 g/mol. The molecule has 0 aliphatic carbocycles. The summed E-state index contributed by atoms with van der Waals surface area (Å²) >= 11 is 0. The van der Waals surface area contributed by atoms with Crippen LogP contribution in [0.5, 0.6) is 0 Å². The van der Waals surface area contributed by atoms with Gasteiger partial charge in [0.2, 0.25) is 0 Å². The number of rotatable bonds is 1. The van der Waals surface area contributed by atoms with Crippen LogP contribution in [-0.4, -0.2) is 23.3 Å². The van der Waals surface area contributed by atoms with E-state index in [-0.39, 0.29) is 18.3 Å². The zero-order chi connectivity index (χ0) is 14.5. The number of hydrogen-bond acceptors (Lipinski definition) is 3. The molecule has 104 valence electrons. The minimum absolute atomic E-state index is 0.331. The van der Waals surface area contributed by atoms with Crippen LogP contribution in [0, 0.1) is 6.92 Å². The highest BCUT2D eigenvalue weighted by Gasteiger charge is 2.52. The van der Waals surface area contributed by atoms with Gasteiger partial charge in [-0.3, -0.25) is 4.98 Å². The van der Waals surface area contributed by atoms with Crippen LogP contribution in [0.4, 0.5) is 0 Å². The van der Waals surface area contributed by atoms with Gasteiger partial charge in [0.1, 0.15) is 0 Å². The van der Waals surface area contributed by atoms with Gasteiger partial charge in [-0.2, -0.15) is 0 Å². The molecule has 2 aromatic rings. The Bertz CT molecular complexity index is 651. The lowest BCUT2D eigenvalue weighted by Crippen LogP contribution is -2.41. The maximum absolute atomic E-state index is 6.15. The van der Waals surface area contributed by atoms with Crippen molar-refractivity contribution in [2.75, 3.05) is 0 Å². The van der Waals surface area contributed by atoms with E-state index in [0.717, 1.165) is 16.4 Å². The molecule has 3 rings (SSSR count). The third-order valence-corrected chi connectivity index (χ3v) is 4.39. The molecule has 1 aromatic heterocycles. The van der Waals surface area contributed by atoms with E-state index < -0.39 is 0 Å². The van der Waals surface area contributed by atoms with E-state index in [2.05, 4.69) is 57.8 Å². The Morgan fingerprint density at radius 3 is 2.35 bits per heavy atom. The highest BCUT2D eigenvalue weighted by atomic mass is 16.7. The maximum Gasteiger partial charge on any atom is 0.497 e. The van der Waals surface area contributed by atoms with Gasteiger partial charge < -0.3 is 9.31 Å². The number of benzene rings is 1. The molecule has 1 aliphatic heterocycles. The molecule has 0 N–H and O–H groups in total. The zero-order valence-electron chi connectivity index (χ0n) is 12.7. The molecule has 0 spiro atoms. The molecule has 1 aromatic carbocycles. The molecule has 20 heavy (non-hydrogen) atoms. The van der Waals surface area contributed by atoms with Crippen LogP contribution in [-0.2, 0) is 9.31 Å². The third kappa shape index (κ3) is 2.04. The van der Waals surface area contributed by atoms with Crippen LogP contribution in [0.1, 0.15) is 33.3 Å². The van der Waals surface area contributed by atoms with Crippen molar-refractivity contribution in [1.82, 2.24) is 4.98 Å². The van der Waals surface area contributed by atoms with Gasteiger partial charge in [-0.1, -0.05) is 17.7 Å². The summed E-state index contributed by atoms with van der Waals surface area (Å²) in [6.45, 7) is 10.4. The third-order valence-electron chi connectivity index (χ3n) is 4.39. The second kappa shape index (κ2) is 4.30. The molecule has 2 heterocycles. The van der Waals surface area contributed by atoms with Crippen LogP contribution in [0.15, 0.2) is 30.5 Å². The number of aromatic nitrogens is 1. The predicted octanol–water partition coefficient (Wildman–Crippen LogP) is 2.84. The standard InChI is InChI=1S/C16H20BNO2/c1-11-9-12-7-6-8-18-14(12)13(10-11)17-19-15(2,3)16(4,5)20-17/h6-10H,1-5H3. The lowest BCUT2D eigenvalue weighted by Gasteiger charge is -2.32. The average molecular weight is 269 g/mol. The summed E-state index contributed by atoms with van der Waals surface area (Å²) in [5.74, 6) is 0. The first-order valence-corrected chi connectivity index (χ1v) is 7.01. The lowest BCUT2D eigenvalue weighted by molar-refractivity contribution is 0.00578. The quantitative estimate of drug-likeness (QED) is 0.746. The molecule has 0 saturated carbocycles. The van der Waals surface area contributed by atoms with Crippen molar-refractivity contribution in [1.29, 1.82) is 0 Å². The van der Waals surface area contributed by atoms with Gasteiger partial charge in [0.05, 0.1) is 16.7 Å². The van der Waals surface area contributed by atoms with Gasteiger partial charge in [-0.25, -0.2) is 0 Å². The molecular formula is C16H20BNO2. The van der Waals surface area contributed by atoms with Crippen LogP contribution in [0.3, 0.4) is 0 Å². The minimum Gasteiger partial charge on any atom is -0.399 e. The number of aryl methyl sites for hydroxylation is 1. The number of pyridine rings is 1. The lowest BCUT2D eigenvalue weighted by atomic mass is 9.77. The second-order valence-electron chi connectivity index (χ2n) is 6.52. The number of hydrogen-bond donors (Lipinski definition) is 0. The molecule has 0 unspecified atom stereocenters. The molecule has 1 saturated heterocycles. The van der Waals surface area contributed by atoms with Crippen molar-refractivity contribution in [2.24, 2.45) is 0 Å². The highest BCUT2D eigenvalue weighted by molar-refractivity contribution is 6.65. The van der Waals surface area contributed by atoms with E-state index in [1.807, 2.05) is 12.3 Å². The van der Waals surface area contributed by atoms with Gasteiger partial charge in [0.15, 0.2) is 0 Å². The van der Waals surface area contributed by atoms with Crippen molar-refractivity contribution < 1.29 is 9.31 Å². The summed E-state index contributed by atoms with van der Waals surface area (Å²) in [5.41, 5.74) is 2.50. The van der Waals surface area contributed by atoms with Crippen molar-refractivity contribution in [3.8, 4) is 0 Å². The van der Waals surface area contributed by atoms with Gasteiger partial charge in [-0.15, -0.1) is 0 Å². The number of nitrogens with zero attached hydrogens (tertiary/aromatic N) is 1. The molecule has 0 bridgehead atoms. The van der Waals surface area contributed by atoms with Crippen LogP contribution in [0.25, 0.3) is 10.9 Å². The summed E-state index contributed by atoms with van der Waals surface area (Å²) in [5, 5.41) is 1.12. The molecule has 1 fully saturated rings. The van der Waals surface area contributed by atoms with E-state index in [4.69, 9.17) is 9.31 Å². The van der Waals surface area contributed by atoms with Gasteiger partial charge >= 0.3 is 7.12 Å². The fourth-order valence-corrected chi connectivity index (χ4v) is 2.53. The Labute approximate surface area is 120 Å². The van der Waals surface area contributed by atoms with E-state index in [1.165, 1.54) is 5.56 Å². The minimum atomic E-state index is -0.364. The largest absolute Gasteiger partial charge is 0.497 e. The normalized spacial score (nSPS) is 20.6. The first kappa shape index (κ1) is 13.6. The predicted molar refractivity (Wildman–Crippen MR) is 82.2 cm³/mol. The average Bonchev–Trinajstić information content (AvgIpc) is 2.57. The molecule has 3 nitrogen and oxygen atoms in total. The Balaban J connectivity index is 2.12. The molecule has 4 heteroatoms. The maximum atomic E-state index is 6.15. The Morgan fingerprint density at radius 1 is 1.05 bits per heavy atom. The summed E-state index contributed by atoms with van der Waals surface area (Å²) in [6.07, 6.45) is 1.81. The molecule has 1 aliphatic rings. The summed E-state index contributed by atoms with van der Waals surface area (Å²) in [7, 11) is -0.364. The molecule has 0 atom stereocenters. The van der Waals surface area contributed by atoms with E-state index in [9.17, 15) is 0 Å². The fraction of sp³-hybridized carbons (Fsp3) is 0.438. The first-order valence-electron chi connectivity index (χ1n) is 7.01. The monoisotopic (exact) mass is 269 g/mol. The van der Waals surface area contributed by atoms with Crippen LogP contribution < -0.4 is 5.46 Å². The Morgan fingerprint density at radius 2 is 1.70 bits per heavy atom. The van der Waals surface area contributed by atoms with Crippen molar-refractivity contribution in [2.45, 2.75) is 45.8 Å². The fourth-order valence-electron chi connectivity index (χ4n) is 2.53. The smallest absolute Gasteiger partial charge is 0.399 e. The molecule has 0 amide bonds. The van der Waals surface area contributed by atoms with E-state index in [0.29, 0.717) is 0 Å². The van der Waals surface area contributed by atoms with Gasteiger partial charge in [0, 0.05) is 17.0 Å². The SMILES string of the molecule is Cc1cc(B2OC(C)(C)C(C)(C)O2)c2ncccc2c1. The summed E-state index contributed by atoms with van der Waals surface area (Å²) in [4.78, 5) is 4.50. The van der Waals surface area contributed by atoms with Crippen molar-refractivity contribution >= 4 is 23.5 Å². The van der Waals surface area contributed by atoms with Crippen molar-refractivity contribution in [3.05, 3.63) is 36.0 Å². The topological polar surface area (TPSA) is 31.4 Å². The van der Waals surface area contributed by atoms with Crippen LogP contribution in [0.2, 0.25) is 0 Å². The first-order chi connectivity index (χ1) is 9.30. The van der Waals surface area contributed by atoms with Crippen LogP contribution >= 0.6 is 0 Å². The number of fused-ring (bicyclic) bond motifs is 1. The second-order valence-corrected chi connectivity index (χ2v) is 6.52. The Kier molecular flexibility index (Phi) is 2.92. The van der Waals surface area contributed by atoms with E-state index in [1.54, 1.807) is 0 Å². The Hall–Kier alpha value is -1.39. The summed E-state index contributed by atoms with van der Waals surface area (Å²) in [6, 6.07) is 8.27. The van der Waals surface area contributed by atoms with E-state index >= 15 is 0 Å². The van der Waals surface area contributed by atoms with Gasteiger partial charge in [-0.05, 0) is 46.8 Å². The molecule has 0 radical (unpaired) electrons. The van der Waals surface area contributed by atoms with Crippen molar-refractivity contribution in [3.63, 3.8) is 0 Å². The van der Waals surface area contributed by atoms with Gasteiger partial charge in [0.25, 0.3) is 0 Å². The highest BCUT2D eigenvalue weighted by Crippen LogP contribution is 2.36. The zero-order valence-corrected chi connectivity index (χ0v) is 12.7. The summed E-state index contributed by atoms with van der Waals surface area (Å²) < 4.78 is 12.3.